The van der Waals surface area contributed by atoms with Crippen molar-refractivity contribution in [3.63, 3.8) is 0 Å². The third-order valence-corrected chi connectivity index (χ3v) is 4.62. The van der Waals surface area contributed by atoms with Gasteiger partial charge in [-0.1, -0.05) is 0 Å². The van der Waals surface area contributed by atoms with Gasteiger partial charge in [-0.2, -0.15) is 5.10 Å². The SMILES string of the molecule is CN(Cc1cn[nH]c1)C(=O)C1C2CCC(C2)C1N. The zero-order valence-electron chi connectivity index (χ0n) is 10.7. The van der Waals surface area contributed by atoms with Gasteiger partial charge in [0.05, 0.1) is 12.1 Å². The van der Waals surface area contributed by atoms with Gasteiger partial charge in [-0.15, -0.1) is 0 Å². The Morgan fingerprint density at radius 3 is 2.94 bits per heavy atom. The van der Waals surface area contributed by atoms with E-state index in [9.17, 15) is 4.79 Å². The third kappa shape index (κ3) is 1.82. The van der Waals surface area contributed by atoms with E-state index in [1.54, 1.807) is 11.1 Å². The maximum atomic E-state index is 12.5. The lowest BCUT2D eigenvalue weighted by Gasteiger charge is -2.30. The normalized spacial score (nSPS) is 33.9. The average molecular weight is 248 g/mol. The zero-order chi connectivity index (χ0) is 12.7. The summed E-state index contributed by atoms with van der Waals surface area (Å²) in [5.74, 6) is 1.34. The van der Waals surface area contributed by atoms with Gasteiger partial charge >= 0.3 is 0 Å². The highest BCUT2D eigenvalue weighted by Gasteiger charge is 2.49. The standard InChI is InChI=1S/C13H20N4O/c1-17(7-8-5-15-16-6-8)13(18)11-9-2-3-10(4-9)12(11)14/h5-6,9-12H,2-4,7,14H2,1H3,(H,15,16). The molecule has 2 saturated carbocycles. The average Bonchev–Trinajstić information content (AvgIpc) is 3.04. The molecule has 0 spiro atoms. The first-order chi connectivity index (χ1) is 8.66. The van der Waals surface area contributed by atoms with Crippen LogP contribution >= 0.6 is 0 Å². The maximum Gasteiger partial charge on any atom is 0.227 e. The molecule has 4 unspecified atom stereocenters. The highest BCUT2D eigenvalue weighted by molar-refractivity contribution is 5.80. The molecule has 1 heterocycles. The summed E-state index contributed by atoms with van der Waals surface area (Å²) in [5.41, 5.74) is 7.24. The van der Waals surface area contributed by atoms with Crippen LogP contribution in [0.1, 0.15) is 24.8 Å². The third-order valence-electron chi connectivity index (χ3n) is 4.62. The van der Waals surface area contributed by atoms with E-state index in [-0.39, 0.29) is 17.9 Å². The van der Waals surface area contributed by atoms with Crippen LogP contribution in [0.3, 0.4) is 0 Å². The molecule has 0 radical (unpaired) electrons. The molecular weight excluding hydrogens is 228 g/mol. The molecule has 4 atom stereocenters. The lowest BCUT2D eigenvalue weighted by atomic mass is 9.84. The minimum absolute atomic E-state index is 0.0423. The van der Waals surface area contributed by atoms with Crippen molar-refractivity contribution in [3.05, 3.63) is 18.0 Å². The number of hydrogen-bond donors (Lipinski definition) is 2. The summed E-state index contributed by atoms with van der Waals surface area (Å²) in [5, 5.41) is 6.66. The van der Waals surface area contributed by atoms with Crippen LogP contribution in [-0.2, 0) is 11.3 Å². The molecular formula is C13H20N4O. The van der Waals surface area contributed by atoms with Gasteiger partial charge in [0.1, 0.15) is 0 Å². The highest BCUT2D eigenvalue weighted by Crippen LogP contribution is 2.48. The minimum atomic E-state index is 0.0423. The fraction of sp³-hybridized carbons (Fsp3) is 0.692. The summed E-state index contributed by atoms with van der Waals surface area (Å²) < 4.78 is 0. The molecule has 98 valence electrons. The first-order valence-corrected chi connectivity index (χ1v) is 6.65. The van der Waals surface area contributed by atoms with Crippen molar-refractivity contribution in [1.82, 2.24) is 15.1 Å². The van der Waals surface area contributed by atoms with Crippen LogP contribution in [0.25, 0.3) is 0 Å². The zero-order valence-corrected chi connectivity index (χ0v) is 10.7. The van der Waals surface area contributed by atoms with Gasteiger partial charge in [-0.25, -0.2) is 0 Å². The molecule has 3 rings (SSSR count). The topological polar surface area (TPSA) is 75.0 Å². The first kappa shape index (κ1) is 11.7. The van der Waals surface area contributed by atoms with Crippen molar-refractivity contribution in [2.45, 2.75) is 31.8 Å². The number of rotatable bonds is 3. The fourth-order valence-corrected chi connectivity index (χ4v) is 3.67. The molecule has 0 aliphatic heterocycles. The van der Waals surface area contributed by atoms with Crippen LogP contribution in [0.4, 0.5) is 0 Å². The molecule has 5 heteroatoms. The van der Waals surface area contributed by atoms with Crippen LogP contribution in [0, 0.1) is 17.8 Å². The summed E-state index contributed by atoms with van der Waals surface area (Å²) in [6.45, 7) is 0.607. The number of nitrogens with zero attached hydrogens (tertiary/aromatic N) is 2. The number of hydrogen-bond acceptors (Lipinski definition) is 3. The van der Waals surface area contributed by atoms with Gasteiger partial charge in [0.25, 0.3) is 0 Å². The number of carbonyl (C=O) groups excluding carboxylic acids is 1. The van der Waals surface area contributed by atoms with Gasteiger partial charge in [0.15, 0.2) is 0 Å². The second kappa shape index (κ2) is 4.39. The van der Waals surface area contributed by atoms with Crippen molar-refractivity contribution in [2.24, 2.45) is 23.5 Å². The predicted molar refractivity (Wildman–Crippen MR) is 67.4 cm³/mol. The van der Waals surface area contributed by atoms with Crippen LogP contribution in [0.5, 0.6) is 0 Å². The summed E-state index contributed by atoms with van der Waals surface area (Å²) in [6.07, 6.45) is 7.11. The van der Waals surface area contributed by atoms with Crippen LogP contribution in [-0.4, -0.2) is 34.1 Å². The number of amides is 1. The number of aromatic nitrogens is 2. The molecule has 1 aromatic rings. The lowest BCUT2D eigenvalue weighted by molar-refractivity contribution is -0.137. The Kier molecular flexibility index (Phi) is 2.86. The largest absolute Gasteiger partial charge is 0.341 e. The van der Waals surface area contributed by atoms with Gasteiger partial charge in [-0.3, -0.25) is 9.89 Å². The smallest absolute Gasteiger partial charge is 0.227 e. The van der Waals surface area contributed by atoms with Gasteiger partial charge in [0, 0.05) is 31.4 Å². The van der Waals surface area contributed by atoms with E-state index in [2.05, 4.69) is 10.2 Å². The van der Waals surface area contributed by atoms with Crippen LogP contribution in [0.15, 0.2) is 12.4 Å². The first-order valence-electron chi connectivity index (χ1n) is 6.65. The number of aromatic amines is 1. The molecule has 2 bridgehead atoms. The predicted octanol–water partition coefficient (Wildman–Crippen LogP) is 0.741. The molecule has 1 amide bonds. The van der Waals surface area contributed by atoms with Crippen molar-refractivity contribution >= 4 is 5.91 Å². The number of fused-ring (bicyclic) bond motifs is 2. The summed E-state index contributed by atoms with van der Waals surface area (Å²) in [7, 11) is 1.86. The summed E-state index contributed by atoms with van der Waals surface area (Å²) >= 11 is 0. The Morgan fingerprint density at radius 1 is 1.56 bits per heavy atom. The molecule has 0 saturated heterocycles. The van der Waals surface area contributed by atoms with Crippen molar-refractivity contribution in [2.75, 3.05) is 7.05 Å². The Balaban J connectivity index is 1.67. The van der Waals surface area contributed by atoms with E-state index in [1.165, 1.54) is 12.8 Å². The molecule has 0 aromatic carbocycles. The number of carbonyl (C=O) groups is 1. The second-order valence-electron chi connectivity index (χ2n) is 5.74. The number of H-pyrrole nitrogens is 1. The fourth-order valence-electron chi connectivity index (χ4n) is 3.67. The summed E-state index contributed by atoms with van der Waals surface area (Å²) in [6, 6.07) is 0.0723. The Labute approximate surface area is 107 Å². The molecule has 18 heavy (non-hydrogen) atoms. The van der Waals surface area contributed by atoms with E-state index < -0.39 is 0 Å². The van der Waals surface area contributed by atoms with Crippen molar-refractivity contribution in [3.8, 4) is 0 Å². The van der Waals surface area contributed by atoms with E-state index >= 15 is 0 Å². The molecule has 5 nitrogen and oxygen atoms in total. The van der Waals surface area contributed by atoms with Gasteiger partial charge in [0.2, 0.25) is 5.91 Å². The highest BCUT2D eigenvalue weighted by atomic mass is 16.2. The van der Waals surface area contributed by atoms with Crippen LogP contribution < -0.4 is 5.73 Å². The minimum Gasteiger partial charge on any atom is -0.341 e. The van der Waals surface area contributed by atoms with E-state index in [0.717, 1.165) is 12.0 Å². The molecule has 1 aromatic heterocycles. The maximum absolute atomic E-state index is 12.5. The van der Waals surface area contributed by atoms with Gasteiger partial charge in [-0.05, 0) is 31.1 Å². The van der Waals surface area contributed by atoms with E-state index in [0.29, 0.717) is 18.4 Å². The van der Waals surface area contributed by atoms with E-state index in [1.807, 2.05) is 13.2 Å². The number of nitrogens with one attached hydrogen (secondary N) is 1. The Bertz CT molecular complexity index is 428. The quantitative estimate of drug-likeness (QED) is 0.828. The molecule has 2 fully saturated rings. The Morgan fingerprint density at radius 2 is 2.33 bits per heavy atom. The lowest BCUT2D eigenvalue weighted by Crippen LogP contribution is -2.45. The molecule has 2 aliphatic carbocycles. The second-order valence-corrected chi connectivity index (χ2v) is 5.74. The Hall–Kier alpha value is -1.36. The van der Waals surface area contributed by atoms with Crippen LogP contribution in [0.2, 0.25) is 0 Å². The number of nitrogens with two attached hydrogens (primary N) is 1. The van der Waals surface area contributed by atoms with Crippen molar-refractivity contribution in [1.29, 1.82) is 0 Å². The monoisotopic (exact) mass is 248 g/mol. The van der Waals surface area contributed by atoms with E-state index in [4.69, 9.17) is 5.73 Å². The van der Waals surface area contributed by atoms with Crippen molar-refractivity contribution < 1.29 is 4.79 Å². The summed E-state index contributed by atoms with van der Waals surface area (Å²) in [4.78, 5) is 14.3. The molecule has 3 N–H and O–H groups in total. The van der Waals surface area contributed by atoms with Gasteiger partial charge < -0.3 is 10.6 Å². The molecule has 2 aliphatic rings.